The number of H-pyrrole nitrogens is 1. The summed E-state index contributed by atoms with van der Waals surface area (Å²) in [5.41, 5.74) is 1.29. The van der Waals surface area contributed by atoms with Gasteiger partial charge >= 0.3 is 5.69 Å². The van der Waals surface area contributed by atoms with Gasteiger partial charge in [-0.3, -0.25) is 9.78 Å². The van der Waals surface area contributed by atoms with E-state index in [0.29, 0.717) is 18.0 Å². The number of rotatable bonds is 3. The molecule has 0 fully saturated rings. The first-order chi connectivity index (χ1) is 13.1. The van der Waals surface area contributed by atoms with Crippen molar-refractivity contribution in [1.29, 1.82) is 0 Å². The molecule has 3 N–H and O–H groups in total. The zero-order valence-corrected chi connectivity index (χ0v) is 14.7. The lowest BCUT2D eigenvalue weighted by Crippen LogP contribution is -2.38. The van der Waals surface area contributed by atoms with E-state index in [2.05, 4.69) is 10.3 Å². The lowest BCUT2D eigenvalue weighted by atomic mass is 9.90. The Kier molecular flexibility index (Phi) is 4.29. The molecule has 0 spiro atoms. The normalized spacial score (nSPS) is 16.0. The van der Waals surface area contributed by atoms with Gasteiger partial charge in [-0.15, -0.1) is 0 Å². The van der Waals surface area contributed by atoms with Crippen LogP contribution >= 0.6 is 0 Å². The van der Waals surface area contributed by atoms with Crippen LogP contribution in [-0.4, -0.2) is 28.3 Å². The Labute approximate surface area is 154 Å². The fourth-order valence-corrected chi connectivity index (χ4v) is 3.53. The minimum atomic E-state index is -0.699. The smallest absolute Gasteiger partial charge is 0.335 e. The van der Waals surface area contributed by atoms with Gasteiger partial charge in [0.25, 0.3) is 5.56 Å². The summed E-state index contributed by atoms with van der Waals surface area (Å²) in [7, 11) is 1.54. The van der Waals surface area contributed by atoms with Crippen LogP contribution in [0.4, 0.5) is 0 Å². The first-order valence-electron chi connectivity index (χ1n) is 8.64. The zero-order chi connectivity index (χ0) is 19.0. The Hall–Kier alpha value is -3.32. The van der Waals surface area contributed by atoms with Crippen molar-refractivity contribution < 1.29 is 9.84 Å². The first kappa shape index (κ1) is 17.1. The van der Waals surface area contributed by atoms with E-state index in [0.717, 1.165) is 22.1 Å². The highest BCUT2D eigenvalue weighted by Crippen LogP contribution is 2.31. The minimum absolute atomic E-state index is 0.123. The highest BCUT2D eigenvalue weighted by atomic mass is 16.5. The Morgan fingerprint density at radius 2 is 1.85 bits per heavy atom. The van der Waals surface area contributed by atoms with E-state index >= 15 is 0 Å². The Balaban J connectivity index is 1.91. The average molecular weight is 365 g/mol. The molecule has 4 rings (SSSR count). The van der Waals surface area contributed by atoms with E-state index in [1.54, 1.807) is 31.4 Å². The van der Waals surface area contributed by atoms with Crippen LogP contribution in [0.25, 0.3) is 5.69 Å². The summed E-state index contributed by atoms with van der Waals surface area (Å²) in [6.45, 7) is 0.669. The quantitative estimate of drug-likeness (QED) is 0.653. The van der Waals surface area contributed by atoms with Crippen LogP contribution in [0.5, 0.6) is 11.6 Å². The maximum Gasteiger partial charge on any atom is 0.335 e. The van der Waals surface area contributed by atoms with E-state index < -0.39 is 17.3 Å². The molecule has 2 aromatic carbocycles. The summed E-state index contributed by atoms with van der Waals surface area (Å²) in [5, 5.41) is 14.2. The summed E-state index contributed by atoms with van der Waals surface area (Å²) in [5.74, 6) is 0.252. The van der Waals surface area contributed by atoms with Crippen LogP contribution in [-0.2, 0) is 6.42 Å². The van der Waals surface area contributed by atoms with Gasteiger partial charge in [0.1, 0.15) is 5.75 Å². The number of nitrogens with one attached hydrogen (secondary N) is 2. The number of methoxy groups -OCH3 is 1. The third kappa shape index (κ3) is 2.92. The fourth-order valence-electron chi connectivity index (χ4n) is 3.53. The van der Waals surface area contributed by atoms with Crippen LogP contribution in [0, 0.1) is 0 Å². The second kappa shape index (κ2) is 6.77. The number of nitrogens with zero attached hydrogens (tertiary/aromatic N) is 1. The third-order valence-corrected chi connectivity index (χ3v) is 4.85. The van der Waals surface area contributed by atoms with Crippen LogP contribution in [0.15, 0.2) is 58.1 Å². The molecule has 7 heteroatoms. The standard InChI is InChI=1S/C20H19N3O4/c1-27-14-8-6-13(7-9-14)23-19(25)16(18(24)22-20(23)26)17-15-5-3-2-4-12(15)10-11-21-17/h2-9,17,21,25H,10-11H2,1H3,(H,22,24,26). The predicted molar refractivity (Wildman–Crippen MR) is 101 cm³/mol. The first-order valence-corrected chi connectivity index (χ1v) is 8.64. The molecular formula is C20H19N3O4. The average Bonchev–Trinajstić information content (AvgIpc) is 2.68. The van der Waals surface area contributed by atoms with Gasteiger partial charge in [-0.05, 0) is 41.8 Å². The van der Waals surface area contributed by atoms with E-state index in [-0.39, 0.29) is 11.4 Å². The van der Waals surface area contributed by atoms with Crippen molar-refractivity contribution in [2.75, 3.05) is 13.7 Å². The molecule has 0 radical (unpaired) electrons. The van der Waals surface area contributed by atoms with E-state index in [4.69, 9.17) is 4.74 Å². The van der Waals surface area contributed by atoms with Gasteiger partial charge in [0.05, 0.1) is 24.4 Å². The van der Waals surface area contributed by atoms with Crippen LogP contribution in [0.2, 0.25) is 0 Å². The summed E-state index contributed by atoms with van der Waals surface area (Å²) in [4.78, 5) is 27.3. The molecular weight excluding hydrogens is 346 g/mol. The molecule has 1 atom stereocenters. The number of aromatic hydroxyl groups is 1. The summed E-state index contributed by atoms with van der Waals surface area (Å²) < 4.78 is 6.22. The molecule has 0 amide bonds. The monoisotopic (exact) mass is 365 g/mol. The number of benzene rings is 2. The van der Waals surface area contributed by atoms with Gasteiger partial charge in [-0.1, -0.05) is 24.3 Å². The highest BCUT2D eigenvalue weighted by molar-refractivity contribution is 5.46. The van der Waals surface area contributed by atoms with Crippen molar-refractivity contribution in [2.45, 2.75) is 12.5 Å². The number of ether oxygens (including phenoxy) is 1. The molecule has 7 nitrogen and oxygen atoms in total. The van der Waals surface area contributed by atoms with Crippen LogP contribution in [0.3, 0.4) is 0 Å². The number of aromatic amines is 1. The topological polar surface area (TPSA) is 96.3 Å². The molecule has 1 aliphatic heterocycles. The number of hydrogen-bond acceptors (Lipinski definition) is 5. The molecule has 0 bridgehead atoms. The molecule has 0 aliphatic carbocycles. The zero-order valence-electron chi connectivity index (χ0n) is 14.7. The molecule has 1 unspecified atom stereocenters. The predicted octanol–water partition coefficient (Wildman–Crippen LogP) is 1.48. The van der Waals surface area contributed by atoms with Gasteiger partial charge in [-0.2, -0.15) is 0 Å². The van der Waals surface area contributed by atoms with Crippen molar-refractivity contribution in [1.82, 2.24) is 14.9 Å². The fraction of sp³-hybridized carbons (Fsp3) is 0.200. The Morgan fingerprint density at radius 1 is 1.11 bits per heavy atom. The van der Waals surface area contributed by atoms with E-state index in [9.17, 15) is 14.7 Å². The molecule has 27 heavy (non-hydrogen) atoms. The van der Waals surface area contributed by atoms with Crippen molar-refractivity contribution in [3.8, 4) is 17.3 Å². The van der Waals surface area contributed by atoms with E-state index in [1.807, 2.05) is 24.3 Å². The van der Waals surface area contributed by atoms with Crippen LogP contribution < -0.4 is 21.3 Å². The highest BCUT2D eigenvalue weighted by Gasteiger charge is 2.28. The largest absolute Gasteiger partial charge is 0.497 e. The SMILES string of the molecule is COc1ccc(-n2c(O)c(C3NCCc4ccccc43)c(=O)[nH]c2=O)cc1. The third-order valence-electron chi connectivity index (χ3n) is 4.85. The van der Waals surface area contributed by atoms with Gasteiger partial charge in [-0.25, -0.2) is 9.36 Å². The number of hydrogen-bond donors (Lipinski definition) is 3. The Morgan fingerprint density at radius 3 is 2.59 bits per heavy atom. The van der Waals surface area contributed by atoms with E-state index in [1.165, 1.54) is 0 Å². The molecule has 3 aromatic rings. The Bertz CT molecular complexity index is 1100. The van der Waals surface area contributed by atoms with Crippen molar-refractivity contribution in [3.63, 3.8) is 0 Å². The lowest BCUT2D eigenvalue weighted by molar-refractivity contribution is 0.408. The summed E-state index contributed by atoms with van der Waals surface area (Å²) in [6.07, 6.45) is 0.837. The van der Waals surface area contributed by atoms with Gasteiger partial charge in [0.2, 0.25) is 5.88 Å². The molecule has 138 valence electrons. The van der Waals surface area contributed by atoms with Gasteiger partial charge in [0, 0.05) is 6.54 Å². The van der Waals surface area contributed by atoms with Crippen molar-refractivity contribution in [2.24, 2.45) is 0 Å². The molecule has 0 saturated heterocycles. The summed E-state index contributed by atoms with van der Waals surface area (Å²) >= 11 is 0. The molecule has 1 aliphatic rings. The van der Waals surface area contributed by atoms with Crippen molar-refractivity contribution in [3.05, 3.63) is 86.1 Å². The lowest BCUT2D eigenvalue weighted by Gasteiger charge is -2.27. The van der Waals surface area contributed by atoms with Crippen molar-refractivity contribution >= 4 is 0 Å². The maximum absolute atomic E-state index is 12.6. The molecule has 0 saturated carbocycles. The number of aromatic nitrogens is 2. The maximum atomic E-state index is 12.6. The minimum Gasteiger partial charge on any atom is -0.497 e. The second-order valence-corrected chi connectivity index (χ2v) is 6.37. The van der Waals surface area contributed by atoms with Gasteiger partial charge < -0.3 is 15.2 Å². The second-order valence-electron chi connectivity index (χ2n) is 6.37. The molecule has 2 heterocycles. The molecule has 1 aromatic heterocycles. The van der Waals surface area contributed by atoms with Gasteiger partial charge in [0.15, 0.2) is 0 Å². The number of fused-ring (bicyclic) bond motifs is 1. The van der Waals surface area contributed by atoms with Crippen LogP contribution in [0.1, 0.15) is 22.7 Å². The summed E-state index contributed by atoms with van der Waals surface area (Å²) in [6, 6.07) is 13.9.